The summed E-state index contributed by atoms with van der Waals surface area (Å²) < 4.78 is 11.6. The molecule has 0 unspecified atom stereocenters. The number of rotatable bonds is 5. The van der Waals surface area contributed by atoms with Gasteiger partial charge in [0.15, 0.2) is 11.5 Å². The number of benzene rings is 1. The van der Waals surface area contributed by atoms with Crippen molar-refractivity contribution in [3.63, 3.8) is 0 Å². The average Bonchev–Trinajstić information content (AvgIpc) is 3.10. The summed E-state index contributed by atoms with van der Waals surface area (Å²) in [6, 6.07) is 5.30. The Bertz CT molecular complexity index is 554. The van der Waals surface area contributed by atoms with Crippen molar-refractivity contribution in [3.05, 3.63) is 23.8 Å². The number of hydrogen-bond donors (Lipinski definition) is 1. The Morgan fingerprint density at radius 2 is 1.87 bits per heavy atom. The summed E-state index contributed by atoms with van der Waals surface area (Å²) in [5, 5.41) is 9.10. The largest absolute Gasteiger partial charge is 0.493 e. The molecule has 1 saturated heterocycles. The molecule has 23 heavy (non-hydrogen) atoms. The second-order valence-corrected chi connectivity index (χ2v) is 6.42. The van der Waals surface area contributed by atoms with Crippen LogP contribution in [0.4, 0.5) is 0 Å². The third-order valence-electron chi connectivity index (χ3n) is 4.97. The van der Waals surface area contributed by atoms with Crippen molar-refractivity contribution in [2.45, 2.75) is 50.7 Å². The number of likely N-dealkylation sites (tertiary alicyclic amines) is 1. The van der Waals surface area contributed by atoms with E-state index in [-0.39, 0.29) is 11.7 Å². The zero-order valence-corrected chi connectivity index (χ0v) is 13.7. The zero-order valence-electron chi connectivity index (χ0n) is 13.7. The van der Waals surface area contributed by atoms with E-state index in [9.17, 15) is 4.79 Å². The van der Waals surface area contributed by atoms with Crippen LogP contribution >= 0.6 is 0 Å². The van der Waals surface area contributed by atoms with Crippen molar-refractivity contribution in [2.24, 2.45) is 0 Å². The van der Waals surface area contributed by atoms with Crippen molar-refractivity contribution in [1.29, 1.82) is 0 Å². The third-order valence-corrected chi connectivity index (χ3v) is 4.97. The predicted molar refractivity (Wildman–Crippen MR) is 87.4 cm³/mol. The molecule has 1 heterocycles. The first kappa shape index (κ1) is 16.1. The van der Waals surface area contributed by atoms with Gasteiger partial charge in [0, 0.05) is 6.04 Å². The van der Waals surface area contributed by atoms with Crippen LogP contribution in [0.25, 0.3) is 0 Å². The van der Waals surface area contributed by atoms with Crippen molar-refractivity contribution < 1.29 is 19.4 Å². The highest BCUT2D eigenvalue weighted by molar-refractivity contribution is 5.88. The minimum atomic E-state index is -0.956. The second-order valence-electron chi connectivity index (χ2n) is 6.42. The predicted octanol–water partition coefficient (Wildman–Crippen LogP) is 3.18. The van der Waals surface area contributed by atoms with Gasteiger partial charge < -0.3 is 14.6 Å². The molecule has 2 aliphatic rings. The molecule has 0 aromatic heterocycles. The molecular weight excluding hydrogens is 294 g/mol. The van der Waals surface area contributed by atoms with Crippen LogP contribution in [0.2, 0.25) is 0 Å². The van der Waals surface area contributed by atoms with Gasteiger partial charge in [0.2, 0.25) is 0 Å². The summed E-state index contributed by atoms with van der Waals surface area (Å²) >= 11 is 0. The maximum atomic E-state index is 11.1. The second kappa shape index (κ2) is 7.21. The van der Waals surface area contributed by atoms with E-state index < -0.39 is 5.97 Å². The molecule has 126 valence electrons. The Hall–Kier alpha value is -1.75. The Balaban J connectivity index is 1.77. The number of nitrogens with zero attached hydrogens (tertiary/aromatic N) is 1. The number of carbonyl (C=O) groups is 1. The van der Waals surface area contributed by atoms with E-state index in [1.54, 1.807) is 19.2 Å². The van der Waals surface area contributed by atoms with Gasteiger partial charge in [-0.3, -0.25) is 4.90 Å². The highest BCUT2D eigenvalue weighted by Gasteiger charge is 2.33. The van der Waals surface area contributed by atoms with Crippen molar-refractivity contribution in [1.82, 2.24) is 4.90 Å². The number of hydrogen-bond acceptors (Lipinski definition) is 4. The van der Waals surface area contributed by atoms with Crippen LogP contribution < -0.4 is 9.47 Å². The average molecular weight is 319 g/mol. The smallest absolute Gasteiger partial charge is 0.335 e. The Labute approximate surface area is 137 Å². The van der Waals surface area contributed by atoms with Crippen molar-refractivity contribution >= 4 is 5.97 Å². The molecule has 1 aliphatic heterocycles. The van der Waals surface area contributed by atoms with Gasteiger partial charge in [0.05, 0.1) is 12.7 Å². The summed E-state index contributed by atoms with van der Waals surface area (Å²) in [6.45, 7) is 2.33. The van der Waals surface area contributed by atoms with Crippen LogP contribution in [0.1, 0.15) is 48.9 Å². The fourth-order valence-corrected chi connectivity index (χ4v) is 3.77. The lowest BCUT2D eigenvalue weighted by Gasteiger charge is -2.38. The minimum absolute atomic E-state index is 0.159. The van der Waals surface area contributed by atoms with Crippen molar-refractivity contribution in [3.8, 4) is 11.5 Å². The first-order chi connectivity index (χ1) is 11.2. The molecule has 0 bridgehead atoms. The number of carboxylic acids is 1. The molecule has 0 spiro atoms. The summed E-state index contributed by atoms with van der Waals surface area (Å²) in [5.41, 5.74) is 0.217. The van der Waals surface area contributed by atoms with E-state index in [0.29, 0.717) is 17.5 Å². The lowest BCUT2D eigenvalue weighted by Crippen LogP contribution is -2.46. The number of methoxy groups -OCH3 is 1. The summed E-state index contributed by atoms with van der Waals surface area (Å²) in [7, 11) is 1.55. The van der Waals surface area contributed by atoms with Gasteiger partial charge in [-0.05, 0) is 63.4 Å². The first-order valence-corrected chi connectivity index (χ1v) is 8.51. The number of ether oxygens (including phenoxy) is 2. The zero-order chi connectivity index (χ0) is 16.2. The van der Waals surface area contributed by atoms with Gasteiger partial charge in [-0.1, -0.05) is 6.42 Å². The van der Waals surface area contributed by atoms with E-state index in [4.69, 9.17) is 14.6 Å². The van der Waals surface area contributed by atoms with Crippen LogP contribution in [0, 0.1) is 0 Å². The standard InChI is InChI=1S/C18H25NO4/c1-22-17-12-13(18(20)21)8-9-16(17)23-15-7-3-2-6-14(15)19-10-4-5-11-19/h8-9,12,14-15H,2-7,10-11H2,1H3,(H,20,21)/t14-,15-/m1/s1. The summed E-state index contributed by atoms with van der Waals surface area (Å²) in [6.07, 6.45) is 7.39. The molecule has 0 amide bonds. The Morgan fingerprint density at radius 1 is 1.13 bits per heavy atom. The van der Waals surface area contributed by atoms with Crippen molar-refractivity contribution in [2.75, 3.05) is 20.2 Å². The quantitative estimate of drug-likeness (QED) is 0.903. The highest BCUT2D eigenvalue weighted by Crippen LogP contribution is 2.34. The molecule has 3 rings (SSSR count). The van der Waals surface area contributed by atoms with E-state index >= 15 is 0 Å². The lowest BCUT2D eigenvalue weighted by atomic mass is 9.91. The SMILES string of the molecule is COc1cc(C(=O)O)ccc1O[C@@H]1CCCC[C@H]1N1CCCC1. The van der Waals surface area contributed by atoms with Gasteiger partial charge in [-0.2, -0.15) is 0 Å². The van der Waals surface area contributed by atoms with Gasteiger partial charge in [-0.15, -0.1) is 0 Å². The molecule has 0 radical (unpaired) electrons. The minimum Gasteiger partial charge on any atom is -0.493 e. The topological polar surface area (TPSA) is 59.0 Å². The maximum Gasteiger partial charge on any atom is 0.335 e. The van der Waals surface area contributed by atoms with Crippen LogP contribution in [-0.2, 0) is 0 Å². The molecule has 5 nitrogen and oxygen atoms in total. The molecule has 1 aromatic rings. The number of carboxylic acid groups (broad SMARTS) is 1. The van der Waals surface area contributed by atoms with Gasteiger partial charge in [0.1, 0.15) is 6.10 Å². The monoisotopic (exact) mass is 319 g/mol. The molecular formula is C18H25NO4. The van der Waals surface area contributed by atoms with Crippen LogP contribution in [0.5, 0.6) is 11.5 Å². The first-order valence-electron chi connectivity index (χ1n) is 8.51. The Morgan fingerprint density at radius 3 is 2.57 bits per heavy atom. The van der Waals surface area contributed by atoms with E-state index in [1.807, 2.05) is 0 Å². The highest BCUT2D eigenvalue weighted by atomic mass is 16.5. The van der Waals surface area contributed by atoms with Gasteiger partial charge in [-0.25, -0.2) is 4.79 Å². The molecule has 5 heteroatoms. The molecule has 1 N–H and O–H groups in total. The normalized spacial score (nSPS) is 25.3. The van der Waals surface area contributed by atoms with E-state index in [0.717, 1.165) is 6.42 Å². The maximum absolute atomic E-state index is 11.1. The van der Waals surface area contributed by atoms with Crippen LogP contribution in [0.3, 0.4) is 0 Å². The summed E-state index contributed by atoms with van der Waals surface area (Å²) in [5.74, 6) is 0.187. The van der Waals surface area contributed by atoms with Crippen LogP contribution in [-0.4, -0.2) is 48.3 Å². The van der Waals surface area contributed by atoms with Gasteiger partial charge >= 0.3 is 5.97 Å². The van der Waals surface area contributed by atoms with Crippen LogP contribution in [0.15, 0.2) is 18.2 Å². The molecule has 1 aliphatic carbocycles. The van der Waals surface area contributed by atoms with E-state index in [1.165, 1.54) is 51.3 Å². The fourth-order valence-electron chi connectivity index (χ4n) is 3.77. The molecule has 1 saturated carbocycles. The molecule has 2 atom stereocenters. The summed E-state index contributed by atoms with van der Waals surface area (Å²) in [4.78, 5) is 13.7. The molecule has 2 fully saturated rings. The Kier molecular flexibility index (Phi) is 5.06. The van der Waals surface area contributed by atoms with Gasteiger partial charge in [0.25, 0.3) is 0 Å². The molecule has 1 aromatic carbocycles. The number of aromatic carboxylic acids is 1. The fraction of sp³-hybridized carbons (Fsp3) is 0.611. The third kappa shape index (κ3) is 3.61. The lowest BCUT2D eigenvalue weighted by molar-refractivity contribution is 0.0467. The van der Waals surface area contributed by atoms with E-state index in [2.05, 4.69) is 4.90 Å².